The first kappa shape index (κ1) is 37.3. The fourth-order valence-corrected chi connectivity index (χ4v) is 5.87. The Morgan fingerprint density at radius 2 is 1.49 bits per heavy atom. The first-order chi connectivity index (χ1) is 22.0. The summed E-state index contributed by atoms with van der Waals surface area (Å²) < 4.78 is 57.9. The van der Waals surface area contributed by atoms with E-state index >= 15 is 4.39 Å². The number of nitro benzene ring substituents is 2. The maximum atomic E-state index is 15.6. The molecule has 15 nitrogen and oxygen atoms in total. The summed E-state index contributed by atoms with van der Waals surface area (Å²) in [6, 6.07) is 8.42. The molecule has 0 amide bonds. The van der Waals surface area contributed by atoms with Gasteiger partial charge in [0, 0.05) is 24.3 Å². The van der Waals surface area contributed by atoms with Crippen molar-refractivity contribution < 1.29 is 50.7 Å². The molecule has 3 rings (SSSR count). The Bertz CT molecular complexity index is 1830. The molecular formula is C26H18Cl4FN3O12S. The smallest absolute Gasteiger partial charge is 0.340 e. The number of oxime groups is 1. The predicted molar refractivity (Wildman–Crippen MR) is 165 cm³/mol. The van der Waals surface area contributed by atoms with Crippen molar-refractivity contribution in [3.63, 3.8) is 0 Å². The molecule has 3 aromatic carbocycles. The van der Waals surface area contributed by atoms with Crippen LogP contribution in [0.1, 0.15) is 20.7 Å². The number of benzene rings is 3. The van der Waals surface area contributed by atoms with Gasteiger partial charge in [-0.05, 0) is 30.3 Å². The van der Waals surface area contributed by atoms with Crippen LogP contribution in [-0.2, 0) is 28.6 Å². The average Bonchev–Trinajstić information content (AvgIpc) is 3.01. The predicted octanol–water partition coefficient (Wildman–Crippen LogP) is 6.24. The van der Waals surface area contributed by atoms with Gasteiger partial charge in [-0.1, -0.05) is 51.6 Å². The minimum Gasteiger partial charge on any atom is -0.459 e. The number of nitro groups is 2. The van der Waals surface area contributed by atoms with Gasteiger partial charge >= 0.3 is 11.9 Å². The summed E-state index contributed by atoms with van der Waals surface area (Å²) in [5, 5.41) is 23.9. The van der Waals surface area contributed by atoms with E-state index in [9.17, 15) is 38.2 Å². The SMILES string of the molecule is CON=C[C@@H](F)[C@H](OC(=O)c1ccc([N+](=O)[O-])cc1Cl)[C@@H](COC(=O)c1ccc([N+](=O)[O-])cc1)OS(=O)(=O)c1cc(Cl)c(Cl)cc1Cl. The molecule has 0 radical (unpaired) electrons. The van der Waals surface area contributed by atoms with Gasteiger partial charge in [-0.2, -0.15) is 8.42 Å². The van der Waals surface area contributed by atoms with Gasteiger partial charge in [0.05, 0.1) is 47.3 Å². The minimum atomic E-state index is -5.06. The molecule has 47 heavy (non-hydrogen) atoms. The van der Waals surface area contributed by atoms with Crippen LogP contribution in [0.2, 0.25) is 20.1 Å². The number of hydrogen-bond donors (Lipinski definition) is 0. The van der Waals surface area contributed by atoms with Gasteiger partial charge in [0.15, 0.2) is 18.4 Å². The number of esters is 2. The third-order valence-corrected chi connectivity index (χ3v) is 8.64. The van der Waals surface area contributed by atoms with E-state index in [0.717, 1.165) is 61.7 Å². The lowest BCUT2D eigenvalue weighted by Gasteiger charge is -2.27. The van der Waals surface area contributed by atoms with Crippen LogP contribution in [0.25, 0.3) is 0 Å². The van der Waals surface area contributed by atoms with Crippen LogP contribution in [0.3, 0.4) is 0 Å². The van der Waals surface area contributed by atoms with Crippen LogP contribution in [0.4, 0.5) is 15.8 Å². The Morgan fingerprint density at radius 3 is 2.06 bits per heavy atom. The summed E-state index contributed by atoms with van der Waals surface area (Å²) in [6.07, 6.45) is -6.60. The number of non-ortho nitro benzene ring substituents is 2. The van der Waals surface area contributed by atoms with Gasteiger partial charge in [-0.15, -0.1) is 0 Å². The Balaban J connectivity index is 2.05. The van der Waals surface area contributed by atoms with Gasteiger partial charge in [0.1, 0.15) is 18.6 Å². The van der Waals surface area contributed by atoms with E-state index in [4.69, 9.17) is 60.1 Å². The summed E-state index contributed by atoms with van der Waals surface area (Å²) in [5.74, 6) is -2.59. The first-order valence-corrected chi connectivity index (χ1v) is 15.3. The summed E-state index contributed by atoms with van der Waals surface area (Å²) in [7, 11) is -4.02. The highest BCUT2D eigenvalue weighted by Gasteiger charge is 2.40. The second-order valence-electron chi connectivity index (χ2n) is 8.86. The average molecular weight is 757 g/mol. The maximum absolute atomic E-state index is 15.6. The Hall–Kier alpha value is -4.13. The van der Waals surface area contributed by atoms with E-state index < -0.39 is 83.1 Å². The highest BCUT2D eigenvalue weighted by Crippen LogP contribution is 2.34. The van der Waals surface area contributed by atoms with Crippen molar-refractivity contribution in [2.24, 2.45) is 5.16 Å². The van der Waals surface area contributed by atoms with Crippen LogP contribution in [0.15, 0.2) is 64.6 Å². The maximum Gasteiger partial charge on any atom is 0.340 e. The monoisotopic (exact) mass is 755 g/mol. The van der Waals surface area contributed by atoms with Crippen LogP contribution in [-0.4, -0.2) is 68.5 Å². The molecule has 0 aliphatic rings. The van der Waals surface area contributed by atoms with E-state index in [0.29, 0.717) is 6.21 Å². The number of hydrogen-bond acceptors (Lipinski definition) is 13. The summed E-state index contributed by atoms with van der Waals surface area (Å²) in [6.45, 7) is -1.14. The Morgan fingerprint density at radius 1 is 0.894 bits per heavy atom. The second-order valence-corrected chi connectivity index (χ2v) is 12.0. The molecule has 21 heteroatoms. The highest BCUT2D eigenvalue weighted by atomic mass is 35.5. The van der Waals surface area contributed by atoms with Crippen molar-refractivity contribution in [1.29, 1.82) is 0 Å². The van der Waals surface area contributed by atoms with E-state index in [2.05, 4.69) is 9.99 Å². The molecular weight excluding hydrogens is 739 g/mol. The van der Waals surface area contributed by atoms with E-state index in [1.54, 1.807) is 0 Å². The van der Waals surface area contributed by atoms with Crippen LogP contribution in [0.5, 0.6) is 0 Å². The van der Waals surface area contributed by atoms with Crippen molar-refractivity contribution in [1.82, 2.24) is 0 Å². The summed E-state index contributed by atoms with van der Waals surface area (Å²) in [4.78, 5) is 50.1. The molecule has 250 valence electrons. The molecule has 0 heterocycles. The van der Waals surface area contributed by atoms with Crippen molar-refractivity contribution in [2.75, 3.05) is 13.7 Å². The third-order valence-electron chi connectivity index (χ3n) is 5.80. The number of carbonyl (C=O) groups is 2. The van der Waals surface area contributed by atoms with Gasteiger partial charge in [-0.3, -0.25) is 24.4 Å². The number of rotatable bonds is 14. The van der Waals surface area contributed by atoms with Crippen molar-refractivity contribution in [2.45, 2.75) is 23.3 Å². The normalized spacial score (nSPS) is 13.4. The molecule has 0 bridgehead atoms. The summed E-state index contributed by atoms with van der Waals surface area (Å²) in [5.41, 5.74) is -1.60. The highest BCUT2D eigenvalue weighted by molar-refractivity contribution is 7.87. The molecule has 0 aliphatic heterocycles. The van der Waals surface area contributed by atoms with Gasteiger partial charge in [0.25, 0.3) is 21.5 Å². The quantitative estimate of drug-likeness (QED) is 0.0448. The zero-order valence-corrected chi connectivity index (χ0v) is 27.1. The lowest BCUT2D eigenvalue weighted by Crippen LogP contribution is -2.45. The number of halogens is 5. The zero-order valence-electron chi connectivity index (χ0n) is 23.3. The molecule has 0 N–H and O–H groups in total. The van der Waals surface area contributed by atoms with Crippen LogP contribution < -0.4 is 0 Å². The lowest BCUT2D eigenvalue weighted by molar-refractivity contribution is -0.385. The lowest BCUT2D eigenvalue weighted by atomic mass is 10.1. The molecule has 0 saturated carbocycles. The molecule has 3 atom stereocenters. The van der Waals surface area contributed by atoms with Crippen molar-refractivity contribution >= 4 is 86.0 Å². The molecule has 0 unspecified atom stereocenters. The molecule has 0 aromatic heterocycles. The number of alkyl halides is 1. The van der Waals surface area contributed by atoms with Gasteiger partial charge in [0.2, 0.25) is 0 Å². The standard InChI is InChI=1S/C26H18Cl4FN3O12S/c1-43-32-11-21(31)24(45-26(36)16-7-6-15(34(39)40)8-17(16)27)22(12-44-25(35)13-2-4-14(5-3-13)33(37)38)46-47(41,42)23-10-19(29)18(28)9-20(23)30/h2-11,21-22,24H,12H2,1H3/t21-,22-,24+/m1/s1. The van der Waals surface area contributed by atoms with E-state index in [1.165, 1.54) is 0 Å². The molecule has 0 fully saturated rings. The molecule has 0 spiro atoms. The first-order valence-electron chi connectivity index (χ1n) is 12.4. The van der Waals surface area contributed by atoms with Gasteiger partial charge < -0.3 is 14.3 Å². The zero-order chi connectivity index (χ0) is 35.1. The number of nitrogens with zero attached hydrogens (tertiary/aromatic N) is 3. The largest absolute Gasteiger partial charge is 0.459 e. The second kappa shape index (κ2) is 16.1. The summed E-state index contributed by atoms with van der Waals surface area (Å²) >= 11 is 23.9. The van der Waals surface area contributed by atoms with Crippen LogP contribution in [0, 0.1) is 20.2 Å². The molecule has 0 aliphatic carbocycles. The third kappa shape index (κ3) is 9.69. The fraction of sp³-hybridized carbons (Fsp3) is 0.192. The van der Waals surface area contributed by atoms with Gasteiger partial charge in [-0.25, -0.2) is 14.0 Å². The van der Waals surface area contributed by atoms with Crippen molar-refractivity contribution in [3.05, 3.63) is 106 Å². The molecule has 3 aromatic rings. The van der Waals surface area contributed by atoms with E-state index in [-0.39, 0.29) is 21.3 Å². The number of ether oxygens (including phenoxy) is 2. The van der Waals surface area contributed by atoms with Crippen molar-refractivity contribution in [3.8, 4) is 0 Å². The topological polar surface area (TPSA) is 204 Å². The molecule has 0 saturated heterocycles. The minimum absolute atomic E-state index is 0.129. The Labute approximate surface area is 284 Å². The van der Waals surface area contributed by atoms with E-state index in [1.807, 2.05) is 0 Å². The fourth-order valence-electron chi connectivity index (χ4n) is 3.57. The van der Waals surface area contributed by atoms with Crippen LogP contribution >= 0.6 is 46.4 Å². The number of carbonyl (C=O) groups excluding carboxylic acids is 2. The Kier molecular flexibility index (Phi) is 12.8.